The van der Waals surface area contributed by atoms with E-state index in [1.807, 2.05) is 61.6 Å². The fourth-order valence-electron chi connectivity index (χ4n) is 3.61. The maximum absolute atomic E-state index is 5.76. The Bertz CT molecular complexity index is 1060. The molecule has 0 unspecified atom stereocenters. The van der Waals surface area contributed by atoms with Crippen molar-refractivity contribution in [1.29, 1.82) is 0 Å². The van der Waals surface area contributed by atoms with Gasteiger partial charge in [-0.25, -0.2) is 5.01 Å². The van der Waals surface area contributed by atoms with Crippen LogP contribution >= 0.6 is 12.2 Å². The quantitative estimate of drug-likeness (QED) is 0.556. The third kappa shape index (κ3) is 4.70. The van der Waals surface area contributed by atoms with Gasteiger partial charge in [-0.15, -0.1) is 0 Å². The second-order valence-corrected chi connectivity index (χ2v) is 8.01. The van der Waals surface area contributed by atoms with Crippen LogP contribution in [0.5, 0.6) is 5.75 Å². The topological polar surface area (TPSA) is 40.1 Å². The molecule has 0 amide bonds. The number of benzene rings is 3. The van der Waals surface area contributed by atoms with Crippen LogP contribution in [0.15, 0.2) is 84.0 Å². The van der Waals surface area contributed by atoms with Gasteiger partial charge in [0, 0.05) is 31.9 Å². The van der Waals surface area contributed by atoms with Gasteiger partial charge in [0.25, 0.3) is 0 Å². The first-order chi connectivity index (χ1) is 15.0. The van der Waals surface area contributed by atoms with E-state index in [4.69, 9.17) is 22.1 Å². The summed E-state index contributed by atoms with van der Waals surface area (Å²) in [4.78, 5) is 2.09. The number of nitrogens with one attached hydrogen (secondary N) is 1. The van der Waals surface area contributed by atoms with Crippen molar-refractivity contribution in [2.45, 2.75) is 12.5 Å². The molecule has 0 fully saturated rings. The highest BCUT2D eigenvalue weighted by atomic mass is 32.1. The monoisotopic (exact) mass is 430 g/mol. The van der Waals surface area contributed by atoms with Crippen molar-refractivity contribution >= 4 is 34.4 Å². The van der Waals surface area contributed by atoms with E-state index >= 15 is 0 Å². The molecule has 0 radical (unpaired) electrons. The normalized spacial score (nSPS) is 15.4. The molecule has 158 valence electrons. The Morgan fingerprint density at radius 1 is 1.00 bits per heavy atom. The Kier molecular flexibility index (Phi) is 6.18. The molecule has 3 aromatic carbocycles. The van der Waals surface area contributed by atoms with Crippen molar-refractivity contribution in [3.05, 3.63) is 90.0 Å². The second-order valence-electron chi connectivity index (χ2n) is 7.62. The van der Waals surface area contributed by atoms with E-state index in [2.05, 4.69) is 46.6 Å². The maximum atomic E-state index is 5.76. The summed E-state index contributed by atoms with van der Waals surface area (Å²) in [5.74, 6) is 0.832. The van der Waals surface area contributed by atoms with E-state index in [1.54, 1.807) is 7.11 Å². The van der Waals surface area contributed by atoms with E-state index in [-0.39, 0.29) is 6.04 Å². The number of para-hydroxylation sites is 1. The lowest BCUT2D eigenvalue weighted by Crippen LogP contribution is -2.31. The Morgan fingerprint density at radius 3 is 2.29 bits per heavy atom. The zero-order valence-corrected chi connectivity index (χ0v) is 18.8. The number of hydrogen-bond acceptors (Lipinski definition) is 4. The molecular weight excluding hydrogens is 404 g/mol. The third-order valence-corrected chi connectivity index (χ3v) is 5.65. The SMILES string of the molecule is COc1ccc([C@H]2CC(c3ccc(N(C)C)cc3)=NN2C(=S)Nc2ccccc2)cc1. The van der Waals surface area contributed by atoms with Crippen molar-refractivity contribution in [3.63, 3.8) is 0 Å². The highest BCUT2D eigenvalue weighted by Crippen LogP contribution is 2.34. The molecule has 0 spiro atoms. The fraction of sp³-hybridized carbons (Fsp3) is 0.200. The first-order valence-corrected chi connectivity index (χ1v) is 10.6. The standard InChI is InChI=1S/C25H26N4OS/c1-28(2)21-13-9-18(10-14-21)23-17-24(19-11-15-22(30-3)16-12-19)29(27-23)25(31)26-20-7-5-4-6-8-20/h4-16,24H,17H2,1-3H3,(H,26,31)/t24-/m1/s1. The number of nitrogens with zero attached hydrogens (tertiary/aromatic N) is 3. The average molecular weight is 431 g/mol. The predicted molar refractivity (Wildman–Crippen MR) is 132 cm³/mol. The van der Waals surface area contributed by atoms with Gasteiger partial charge < -0.3 is 15.0 Å². The molecule has 0 saturated heterocycles. The molecule has 0 aromatic heterocycles. The smallest absolute Gasteiger partial charge is 0.194 e. The maximum Gasteiger partial charge on any atom is 0.194 e. The van der Waals surface area contributed by atoms with Gasteiger partial charge >= 0.3 is 0 Å². The molecule has 3 aromatic rings. The van der Waals surface area contributed by atoms with Gasteiger partial charge in [0.2, 0.25) is 0 Å². The Balaban J connectivity index is 1.63. The molecule has 31 heavy (non-hydrogen) atoms. The molecule has 1 heterocycles. The highest BCUT2D eigenvalue weighted by molar-refractivity contribution is 7.80. The molecule has 4 rings (SSSR count). The summed E-state index contributed by atoms with van der Waals surface area (Å²) < 4.78 is 5.32. The number of ether oxygens (including phenoxy) is 1. The van der Waals surface area contributed by atoms with Gasteiger partial charge in [-0.1, -0.05) is 42.5 Å². The first kappa shape index (κ1) is 20.9. The number of thiocarbonyl (C=S) groups is 1. The minimum Gasteiger partial charge on any atom is -0.497 e. The summed E-state index contributed by atoms with van der Waals surface area (Å²) in [6.45, 7) is 0. The molecule has 1 aliphatic heterocycles. The Morgan fingerprint density at radius 2 is 1.68 bits per heavy atom. The Hall–Kier alpha value is -3.38. The van der Waals surface area contributed by atoms with Crippen LogP contribution in [0, 0.1) is 0 Å². The van der Waals surface area contributed by atoms with E-state index in [0.717, 1.165) is 40.4 Å². The number of rotatable bonds is 5. The van der Waals surface area contributed by atoms with E-state index in [9.17, 15) is 0 Å². The number of anilines is 2. The molecule has 1 aliphatic rings. The third-order valence-electron chi connectivity index (χ3n) is 5.36. The number of hydrazone groups is 1. The van der Waals surface area contributed by atoms with Crippen molar-refractivity contribution < 1.29 is 4.74 Å². The first-order valence-electron chi connectivity index (χ1n) is 10.2. The molecule has 1 N–H and O–H groups in total. The number of hydrogen-bond donors (Lipinski definition) is 1. The summed E-state index contributed by atoms with van der Waals surface area (Å²) >= 11 is 5.76. The van der Waals surface area contributed by atoms with Crippen LogP contribution in [0.4, 0.5) is 11.4 Å². The predicted octanol–water partition coefficient (Wildman–Crippen LogP) is 5.31. The van der Waals surface area contributed by atoms with Crippen LogP contribution in [0.25, 0.3) is 0 Å². The Labute approximate surface area is 189 Å². The lowest BCUT2D eigenvalue weighted by molar-refractivity contribution is 0.374. The van der Waals surface area contributed by atoms with Gasteiger partial charge in [0.15, 0.2) is 5.11 Å². The molecule has 1 atom stereocenters. The molecule has 6 heteroatoms. The van der Waals surface area contributed by atoms with Crippen LogP contribution in [0.3, 0.4) is 0 Å². The fourth-order valence-corrected chi connectivity index (χ4v) is 3.90. The molecule has 0 aliphatic carbocycles. The van der Waals surface area contributed by atoms with Gasteiger partial charge in [-0.2, -0.15) is 5.10 Å². The van der Waals surface area contributed by atoms with Gasteiger partial charge in [-0.05, 0) is 59.7 Å². The van der Waals surface area contributed by atoms with Crippen LogP contribution in [0.1, 0.15) is 23.6 Å². The van der Waals surface area contributed by atoms with Crippen molar-refractivity contribution in [3.8, 4) is 5.75 Å². The summed E-state index contributed by atoms with van der Waals surface area (Å²) in [5.41, 5.74) is 5.37. The van der Waals surface area contributed by atoms with Crippen LogP contribution < -0.4 is 15.0 Å². The van der Waals surface area contributed by atoms with Crippen molar-refractivity contribution in [2.24, 2.45) is 5.10 Å². The molecule has 0 saturated carbocycles. The molecular formula is C25H26N4OS. The van der Waals surface area contributed by atoms with Crippen LogP contribution in [-0.2, 0) is 0 Å². The lowest BCUT2D eigenvalue weighted by atomic mass is 9.98. The molecule has 5 nitrogen and oxygen atoms in total. The summed E-state index contributed by atoms with van der Waals surface area (Å²) in [5, 5.41) is 10.7. The average Bonchev–Trinajstić information content (AvgIpc) is 3.25. The summed E-state index contributed by atoms with van der Waals surface area (Å²) in [7, 11) is 5.75. The van der Waals surface area contributed by atoms with Crippen molar-refractivity contribution in [2.75, 3.05) is 31.4 Å². The van der Waals surface area contributed by atoms with Gasteiger partial charge in [0.1, 0.15) is 5.75 Å². The van der Waals surface area contributed by atoms with Crippen LogP contribution in [0.2, 0.25) is 0 Å². The minimum absolute atomic E-state index is 0.0122. The van der Waals surface area contributed by atoms with E-state index in [1.165, 1.54) is 0 Å². The van der Waals surface area contributed by atoms with Gasteiger partial charge in [0.05, 0.1) is 18.9 Å². The van der Waals surface area contributed by atoms with Crippen LogP contribution in [-0.4, -0.2) is 37.0 Å². The number of methoxy groups -OCH3 is 1. The second kappa shape index (κ2) is 9.18. The highest BCUT2D eigenvalue weighted by Gasteiger charge is 2.31. The van der Waals surface area contributed by atoms with Gasteiger partial charge in [-0.3, -0.25) is 0 Å². The van der Waals surface area contributed by atoms with Crippen molar-refractivity contribution in [1.82, 2.24) is 5.01 Å². The summed E-state index contributed by atoms with van der Waals surface area (Å²) in [6, 6.07) is 26.5. The zero-order chi connectivity index (χ0) is 21.8. The minimum atomic E-state index is 0.0122. The largest absolute Gasteiger partial charge is 0.497 e. The lowest BCUT2D eigenvalue weighted by Gasteiger charge is -2.25. The summed E-state index contributed by atoms with van der Waals surface area (Å²) in [6.07, 6.45) is 0.768. The zero-order valence-electron chi connectivity index (χ0n) is 17.9. The van der Waals surface area contributed by atoms with E-state index < -0.39 is 0 Å². The molecule has 0 bridgehead atoms. The van der Waals surface area contributed by atoms with E-state index in [0.29, 0.717) is 5.11 Å².